The van der Waals surface area contributed by atoms with Gasteiger partial charge in [0.25, 0.3) is 0 Å². The van der Waals surface area contributed by atoms with Crippen molar-refractivity contribution in [3.63, 3.8) is 0 Å². The first-order valence-corrected chi connectivity index (χ1v) is 8.33. The third kappa shape index (κ3) is 5.65. The summed E-state index contributed by atoms with van der Waals surface area (Å²) in [6, 6.07) is 4.51. The van der Waals surface area contributed by atoms with Crippen LogP contribution in [0.15, 0.2) is 18.2 Å². The zero-order valence-corrected chi connectivity index (χ0v) is 15.6. The molecule has 1 N–H and O–H groups in total. The number of esters is 2. The molecule has 1 rings (SSSR count). The van der Waals surface area contributed by atoms with Crippen LogP contribution < -0.4 is 0 Å². The number of carbonyl (C=O) groups is 2. The lowest BCUT2D eigenvalue weighted by Gasteiger charge is -2.29. The van der Waals surface area contributed by atoms with Crippen molar-refractivity contribution in [1.29, 1.82) is 0 Å². The Labute approximate surface area is 151 Å². The summed E-state index contributed by atoms with van der Waals surface area (Å²) in [5.74, 6) is -1.66. The molecule has 0 fully saturated rings. The zero-order chi connectivity index (χ0) is 18.5. The molecular weight excluding hydrogens is 355 g/mol. The molecule has 0 amide bonds. The van der Waals surface area contributed by atoms with E-state index in [1.807, 2.05) is 0 Å². The highest BCUT2D eigenvalue weighted by atomic mass is 35.5. The van der Waals surface area contributed by atoms with Gasteiger partial charge in [-0.25, -0.2) is 0 Å². The summed E-state index contributed by atoms with van der Waals surface area (Å²) in [6.45, 7) is 5.92. The topological polar surface area (TPSA) is 72.8 Å². The van der Waals surface area contributed by atoms with E-state index in [0.717, 1.165) is 0 Å². The van der Waals surface area contributed by atoms with Gasteiger partial charge in [0, 0.05) is 15.6 Å². The van der Waals surface area contributed by atoms with Gasteiger partial charge in [0.1, 0.15) is 13.2 Å². The van der Waals surface area contributed by atoms with Crippen LogP contribution in [0.2, 0.25) is 10.0 Å². The molecule has 0 heterocycles. The monoisotopic (exact) mass is 376 g/mol. The molecule has 0 spiro atoms. The van der Waals surface area contributed by atoms with Crippen molar-refractivity contribution in [2.75, 3.05) is 13.2 Å². The Morgan fingerprint density at radius 3 is 1.88 bits per heavy atom. The van der Waals surface area contributed by atoms with Crippen LogP contribution in [0.25, 0.3) is 0 Å². The van der Waals surface area contributed by atoms with Crippen molar-refractivity contribution >= 4 is 35.1 Å². The molecule has 0 unspecified atom stereocenters. The van der Waals surface area contributed by atoms with Crippen LogP contribution in [0.1, 0.15) is 33.3 Å². The second-order valence-electron chi connectivity index (χ2n) is 6.18. The predicted octanol–water partition coefficient (Wildman–Crippen LogP) is 3.58. The molecule has 7 heteroatoms. The smallest absolute Gasteiger partial charge is 0.308 e. The number of hydrogen-bond donors (Lipinski definition) is 1. The molecule has 24 heavy (non-hydrogen) atoms. The molecule has 1 aromatic carbocycles. The second-order valence-corrected chi connectivity index (χ2v) is 7.02. The highest BCUT2D eigenvalue weighted by Gasteiger charge is 2.36. The van der Waals surface area contributed by atoms with Gasteiger partial charge >= 0.3 is 11.9 Å². The zero-order valence-electron chi connectivity index (χ0n) is 14.1. The summed E-state index contributed by atoms with van der Waals surface area (Å²) in [4.78, 5) is 23.4. The maximum absolute atomic E-state index is 11.7. The van der Waals surface area contributed by atoms with Crippen LogP contribution in [0.3, 0.4) is 0 Å². The maximum Gasteiger partial charge on any atom is 0.308 e. The third-order valence-corrected chi connectivity index (χ3v) is 3.83. The Kier molecular flexibility index (Phi) is 7.52. The fraction of sp³-hybridized carbons (Fsp3) is 0.529. The van der Waals surface area contributed by atoms with E-state index in [-0.39, 0.29) is 22.4 Å². The Hall–Kier alpha value is -1.30. The van der Waals surface area contributed by atoms with E-state index in [9.17, 15) is 14.7 Å². The molecule has 0 radical (unpaired) electrons. The molecule has 134 valence electrons. The number of hydrogen-bond acceptors (Lipinski definition) is 5. The summed E-state index contributed by atoms with van der Waals surface area (Å²) in [5.41, 5.74) is -1.50. The van der Waals surface area contributed by atoms with Gasteiger partial charge in [-0.05, 0) is 12.1 Å². The Morgan fingerprint density at radius 2 is 1.50 bits per heavy atom. The first-order chi connectivity index (χ1) is 11.1. The van der Waals surface area contributed by atoms with E-state index >= 15 is 0 Å². The number of rotatable bonds is 7. The van der Waals surface area contributed by atoms with E-state index in [2.05, 4.69) is 0 Å². The SMILES string of the molecule is CC(C)C(=O)OCC(O)(COC(=O)C(C)C)c1ccc(Cl)cc1Cl. The molecule has 0 aliphatic carbocycles. The molecular formula is C17H22Cl2O5. The minimum absolute atomic E-state index is 0.186. The first kappa shape index (κ1) is 20.7. The number of benzene rings is 1. The van der Waals surface area contributed by atoms with Crippen molar-refractivity contribution in [2.45, 2.75) is 33.3 Å². The molecule has 0 atom stereocenters. The Balaban J connectivity index is 3.05. The molecule has 0 saturated carbocycles. The largest absolute Gasteiger partial charge is 0.462 e. The minimum Gasteiger partial charge on any atom is -0.462 e. The molecule has 0 aliphatic heterocycles. The highest BCUT2D eigenvalue weighted by molar-refractivity contribution is 6.35. The van der Waals surface area contributed by atoms with Crippen LogP contribution in [0.4, 0.5) is 0 Å². The maximum atomic E-state index is 11.7. The first-order valence-electron chi connectivity index (χ1n) is 7.58. The third-order valence-electron chi connectivity index (χ3n) is 3.28. The average Bonchev–Trinajstić information content (AvgIpc) is 2.49. The summed E-state index contributed by atoms with van der Waals surface area (Å²) >= 11 is 12.0. The number of aliphatic hydroxyl groups is 1. The average molecular weight is 377 g/mol. The van der Waals surface area contributed by atoms with Crippen molar-refractivity contribution in [2.24, 2.45) is 11.8 Å². The number of carbonyl (C=O) groups excluding carboxylic acids is 2. The van der Waals surface area contributed by atoms with Gasteiger partial charge < -0.3 is 14.6 Å². The normalized spacial score (nSPS) is 11.7. The summed E-state index contributed by atoms with van der Waals surface area (Å²) in [6.07, 6.45) is 0. The van der Waals surface area contributed by atoms with Crippen molar-refractivity contribution in [3.05, 3.63) is 33.8 Å². The molecule has 0 aromatic heterocycles. The van der Waals surface area contributed by atoms with Crippen molar-refractivity contribution in [1.82, 2.24) is 0 Å². The Bertz CT molecular complexity index is 575. The predicted molar refractivity (Wildman–Crippen MR) is 92.0 cm³/mol. The quantitative estimate of drug-likeness (QED) is 0.736. The van der Waals surface area contributed by atoms with Gasteiger partial charge in [0.2, 0.25) is 0 Å². The van der Waals surface area contributed by atoms with Crippen LogP contribution in [0.5, 0.6) is 0 Å². The minimum atomic E-state index is -1.77. The molecule has 0 saturated heterocycles. The van der Waals surface area contributed by atoms with Crippen LogP contribution in [0, 0.1) is 11.8 Å². The lowest BCUT2D eigenvalue weighted by atomic mass is 9.95. The van der Waals surface area contributed by atoms with Crippen LogP contribution in [-0.2, 0) is 24.7 Å². The van der Waals surface area contributed by atoms with E-state index in [4.69, 9.17) is 32.7 Å². The summed E-state index contributed by atoms with van der Waals surface area (Å²) in [7, 11) is 0. The molecule has 5 nitrogen and oxygen atoms in total. The lowest BCUT2D eigenvalue weighted by Crippen LogP contribution is -2.39. The lowest BCUT2D eigenvalue weighted by molar-refractivity contribution is -0.168. The van der Waals surface area contributed by atoms with Gasteiger partial charge in [-0.3, -0.25) is 9.59 Å². The van der Waals surface area contributed by atoms with Gasteiger partial charge in [-0.15, -0.1) is 0 Å². The fourth-order valence-electron chi connectivity index (χ4n) is 1.78. The van der Waals surface area contributed by atoms with Crippen molar-refractivity contribution < 1.29 is 24.2 Å². The molecule has 0 bridgehead atoms. The van der Waals surface area contributed by atoms with Gasteiger partial charge in [-0.1, -0.05) is 57.0 Å². The highest BCUT2D eigenvalue weighted by Crippen LogP contribution is 2.31. The van der Waals surface area contributed by atoms with E-state index < -0.39 is 30.8 Å². The standard InChI is InChI=1S/C17H22Cl2O5/c1-10(2)15(20)23-8-17(22,9-24-16(21)11(3)4)13-6-5-12(18)7-14(13)19/h5-7,10-11,22H,8-9H2,1-4H3. The molecule has 0 aliphatic rings. The van der Waals surface area contributed by atoms with E-state index in [1.165, 1.54) is 12.1 Å². The Morgan fingerprint density at radius 1 is 1.04 bits per heavy atom. The van der Waals surface area contributed by atoms with Crippen molar-refractivity contribution in [3.8, 4) is 0 Å². The number of ether oxygens (including phenoxy) is 2. The number of halogens is 2. The van der Waals surface area contributed by atoms with Gasteiger partial charge in [0.05, 0.1) is 11.8 Å². The van der Waals surface area contributed by atoms with E-state index in [1.54, 1.807) is 33.8 Å². The van der Waals surface area contributed by atoms with Gasteiger partial charge in [-0.2, -0.15) is 0 Å². The van der Waals surface area contributed by atoms with Gasteiger partial charge in [0.15, 0.2) is 5.60 Å². The molecule has 1 aromatic rings. The van der Waals surface area contributed by atoms with E-state index in [0.29, 0.717) is 5.02 Å². The summed E-state index contributed by atoms with van der Waals surface area (Å²) < 4.78 is 10.3. The second kappa shape index (κ2) is 8.70. The summed E-state index contributed by atoms with van der Waals surface area (Å²) in [5, 5.41) is 11.5. The van der Waals surface area contributed by atoms with Crippen LogP contribution >= 0.6 is 23.2 Å². The van der Waals surface area contributed by atoms with Crippen LogP contribution in [-0.4, -0.2) is 30.3 Å². The fourth-order valence-corrected chi connectivity index (χ4v) is 2.36.